The lowest BCUT2D eigenvalue weighted by molar-refractivity contribution is 0.0491. The van der Waals surface area contributed by atoms with Gasteiger partial charge in [-0.2, -0.15) is 0 Å². The number of likely N-dealkylation sites (tertiary alicyclic amines) is 1. The van der Waals surface area contributed by atoms with E-state index in [2.05, 4.69) is 27.7 Å². The Bertz CT molecular complexity index is 655. The molecule has 168 valence electrons. The van der Waals surface area contributed by atoms with Crippen molar-refractivity contribution >= 4 is 12.2 Å². The van der Waals surface area contributed by atoms with E-state index in [1.165, 1.54) is 5.56 Å². The summed E-state index contributed by atoms with van der Waals surface area (Å²) in [5.74, 6) is 0.410. The molecule has 0 radical (unpaired) electrons. The monoisotopic (exact) mass is 419 g/mol. The molecule has 2 atom stereocenters. The molecule has 0 aromatic heterocycles. The van der Waals surface area contributed by atoms with Gasteiger partial charge in [-0.1, -0.05) is 30.3 Å². The van der Waals surface area contributed by atoms with Gasteiger partial charge in [0, 0.05) is 32.7 Å². The third kappa shape index (κ3) is 9.03. The molecule has 2 amide bonds. The molecule has 0 unspecified atom stereocenters. The van der Waals surface area contributed by atoms with Crippen molar-refractivity contribution in [3.63, 3.8) is 0 Å². The van der Waals surface area contributed by atoms with Gasteiger partial charge in [0.15, 0.2) is 0 Å². The average molecular weight is 420 g/mol. The third-order valence-electron chi connectivity index (χ3n) is 4.72. The average Bonchev–Trinajstić information content (AvgIpc) is 2.98. The Morgan fingerprint density at radius 2 is 1.30 bits per heavy atom. The zero-order valence-corrected chi connectivity index (χ0v) is 19.2. The molecule has 7 nitrogen and oxygen atoms in total. The van der Waals surface area contributed by atoms with E-state index in [0.717, 1.165) is 19.6 Å². The maximum absolute atomic E-state index is 12.1. The molecular weight excluding hydrogens is 382 g/mol. The van der Waals surface area contributed by atoms with E-state index in [1.807, 2.05) is 59.7 Å². The zero-order valence-electron chi connectivity index (χ0n) is 19.2. The second-order valence-corrected chi connectivity index (χ2v) is 9.97. The van der Waals surface area contributed by atoms with Gasteiger partial charge in [0.25, 0.3) is 0 Å². The van der Waals surface area contributed by atoms with Crippen molar-refractivity contribution in [1.29, 1.82) is 0 Å². The highest BCUT2D eigenvalue weighted by Gasteiger charge is 2.33. The Balaban J connectivity index is 1.94. The van der Waals surface area contributed by atoms with Gasteiger partial charge in [-0.15, -0.1) is 0 Å². The number of benzene rings is 1. The summed E-state index contributed by atoms with van der Waals surface area (Å²) in [7, 11) is 0. The number of ether oxygens (including phenoxy) is 2. The number of hydrogen-bond donors (Lipinski definition) is 2. The van der Waals surface area contributed by atoms with Gasteiger partial charge >= 0.3 is 12.2 Å². The first-order chi connectivity index (χ1) is 13.9. The van der Waals surface area contributed by atoms with Gasteiger partial charge in [-0.3, -0.25) is 4.90 Å². The minimum atomic E-state index is -0.531. The van der Waals surface area contributed by atoms with E-state index in [-0.39, 0.29) is 11.8 Å². The molecule has 2 N–H and O–H groups in total. The molecule has 1 aromatic rings. The smallest absolute Gasteiger partial charge is 0.407 e. The predicted octanol–water partition coefficient (Wildman–Crippen LogP) is 3.78. The summed E-state index contributed by atoms with van der Waals surface area (Å²) < 4.78 is 10.7. The first kappa shape index (κ1) is 24.0. The summed E-state index contributed by atoms with van der Waals surface area (Å²) in [6, 6.07) is 10.3. The van der Waals surface area contributed by atoms with E-state index < -0.39 is 23.4 Å². The fraction of sp³-hybridized carbons (Fsp3) is 0.652. The SMILES string of the molecule is CC(C)(C)OC(=O)NC[C@H]1CN(Cc2ccccc2)C[C@@H]1CNC(=O)OC(C)(C)C. The Morgan fingerprint density at radius 1 is 0.867 bits per heavy atom. The quantitative estimate of drug-likeness (QED) is 0.733. The highest BCUT2D eigenvalue weighted by molar-refractivity contribution is 5.68. The van der Waals surface area contributed by atoms with Gasteiger partial charge in [-0.25, -0.2) is 9.59 Å². The fourth-order valence-corrected chi connectivity index (χ4v) is 3.53. The molecule has 1 aromatic carbocycles. The Morgan fingerprint density at radius 3 is 1.70 bits per heavy atom. The maximum atomic E-state index is 12.1. The largest absolute Gasteiger partial charge is 0.444 e. The Hall–Kier alpha value is -2.28. The lowest BCUT2D eigenvalue weighted by Gasteiger charge is -2.24. The molecule has 1 saturated heterocycles. The van der Waals surface area contributed by atoms with Crippen LogP contribution in [0.15, 0.2) is 30.3 Å². The number of amides is 2. The standard InChI is InChI=1S/C23H37N3O4/c1-22(2,3)29-20(27)24-12-18-15-26(14-17-10-8-7-9-11-17)16-19(18)13-25-21(28)30-23(4,5)6/h7-11,18-19H,12-16H2,1-6H3,(H,24,27)(H,25,28)/t18-,19-/m0/s1. The number of rotatable bonds is 6. The van der Waals surface area contributed by atoms with Crippen LogP contribution in [0.25, 0.3) is 0 Å². The third-order valence-corrected chi connectivity index (χ3v) is 4.72. The van der Waals surface area contributed by atoms with E-state index >= 15 is 0 Å². The number of hydrogen-bond acceptors (Lipinski definition) is 5. The summed E-state index contributed by atoms with van der Waals surface area (Å²) in [4.78, 5) is 26.5. The molecule has 0 aliphatic carbocycles. The van der Waals surface area contributed by atoms with E-state index in [1.54, 1.807) is 0 Å². The van der Waals surface area contributed by atoms with E-state index in [9.17, 15) is 9.59 Å². The molecule has 30 heavy (non-hydrogen) atoms. The highest BCUT2D eigenvalue weighted by Crippen LogP contribution is 2.24. The van der Waals surface area contributed by atoms with Crippen LogP contribution in [0.2, 0.25) is 0 Å². The molecule has 0 saturated carbocycles. The maximum Gasteiger partial charge on any atom is 0.407 e. The molecular formula is C23H37N3O4. The predicted molar refractivity (Wildman–Crippen MR) is 117 cm³/mol. The van der Waals surface area contributed by atoms with Gasteiger partial charge < -0.3 is 20.1 Å². The number of carbonyl (C=O) groups is 2. The molecule has 0 bridgehead atoms. The summed E-state index contributed by atoms with van der Waals surface area (Å²) in [5, 5.41) is 5.78. The van der Waals surface area contributed by atoms with Crippen molar-refractivity contribution < 1.29 is 19.1 Å². The summed E-state index contributed by atoms with van der Waals surface area (Å²) in [6.45, 7) is 14.6. The molecule has 1 heterocycles. The summed E-state index contributed by atoms with van der Waals surface area (Å²) in [6.07, 6.45) is -0.828. The number of alkyl carbamates (subject to hydrolysis) is 2. The fourth-order valence-electron chi connectivity index (χ4n) is 3.53. The lowest BCUT2D eigenvalue weighted by Crippen LogP contribution is -2.40. The van der Waals surface area contributed by atoms with Gasteiger partial charge in [0.05, 0.1) is 0 Å². The molecule has 7 heteroatoms. The van der Waals surface area contributed by atoms with Crippen LogP contribution < -0.4 is 10.6 Å². The lowest BCUT2D eigenvalue weighted by atomic mass is 9.96. The van der Waals surface area contributed by atoms with Crippen LogP contribution in [-0.2, 0) is 16.0 Å². The topological polar surface area (TPSA) is 79.9 Å². The summed E-state index contributed by atoms with van der Waals surface area (Å²) in [5.41, 5.74) is 0.185. The van der Waals surface area contributed by atoms with Crippen LogP contribution in [0.5, 0.6) is 0 Å². The Kier molecular flexibility index (Phi) is 8.12. The van der Waals surface area contributed by atoms with E-state index in [0.29, 0.717) is 13.1 Å². The first-order valence-electron chi connectivity index (χ1n) is 10.6. The van der Waals surface area contributed by atoms with Crippen LogP contribution in [-0.4, -0.2) is 54.5 Å². The highest BCUT2D eigenvalue weighted by atomic mass is 16.6. The molecule has 0 spiro atoms. The molecule has 1 aliphatic heterocycles. The van der Waals surface area contributed by atoms with Crippen molar-refractivity contribution in [2.75, 3.05) is 26.2 Å². The second-order valence-electron chi connectivity index (χ2n) is 9.97. The van der Waals surface area contributed by atoms with Crippen LogP contribution in [0, 0.1) is 11.8 Å². The van der Waals surface area contributed by atoms with Gasteiger partial charge in [-0.05, 0) is 58.9 Å². The van der Waals surface area contributed by atoms with Crippen molar-refractivity contribution in [1.82, 2.24) is 15.5 Å². The van der Waals surface area contributed by atoms with Crippen LogP contribution in [0.4, 0.5) is 9.59 Å². The molecule has 1 aliphatic rings. The van der Waals surface area contributed by atoms with Crippen molar-refractivity contribution in [3.05, 3.63) is 35.9 Å². The summed E-state index contributed by atoms with van der Waals surface area (Å²) >= 11 is 0. The number of carbonyl (C=O) groups excluding carboxylic acids is 2. The molecule has 1 fully saturated rings. The Labute approximate surface area is 180 Å². The van der Waals surface area contributed by atoms with Crippen LogP contribution in [0.1, 0.15) is 47.1 Å². The first-order valence-corrected chi connectivity index (χ1v) is 10.6. The minimum Gasteiger partial charge on any atom is -0.444 e. The van der Waals surface area contributed by atoms with Crippen molar-refractivity contribution in [2.45, 2.75) is 59.3 Å². The van der Waals surface area contributed by atoms with Crippen molar-refractivity contribution in [2.24, 2.45) is 11.8 Å². The van der Waals surface area contributed by atoms with Crippen LogP contribution in [0.3, 0.4) is 0 Å². The van der Waals surface area contributed by atoms with Crippen molar-refractivity contribution in [3.8, 4) is 0 Å². The van der Waals surface area contributed by atoms with E-state index in [4.69, 9.17) is 9.47 Å². The second kappa shape index (κ2) is 10.2. The minimum absolute atomic E-state index is 0.205. The zero-order chi connectivity index (χ0) is 22.4. The number of nitrogens with one attached hydrogen (secondary N) is 2. The van der Waals surface area contributed by atoms with Crippen LogP contribution >= 0.6 is 0 Å². The molecule has 2 rings (SSSR count). The normalized spacial score (nSPS) is 19.9. The van der Waals surface area contributed by atoms with Gasteiger partial charge in [0.1, 0.15) is 11.2 Å². The number of nitrogens with zero attached hydrogens (tertiary/aromatic N) is 1. The van der Waals surface area contributed by atoms with Gasteiger partial charge in [0.2, 0.25) is 0 Å².